The highest BCUT2D eigenvalue weighted by Gasteiger charge is 2.22. The Balaban J connectivity index is 1.86. The third-order valence-electron chi connectivity index (χ3n) is 4.70. The highest BCUT2D eigenvalue weighted by atomic mass is 32.2. The summed E-state index contributed by atoms with van der Waals surface area (Å²) in [6.07, 6.45) is 4.04. The molecular formula is C18H26N2O6S. The molecule has 27 heavy (non-hydrogen) atoms. The fourth-order valence-electron chi connectivity index (χ4n) is 2.90. The second-order valence-electron chi connectivity index (χ2n) is 6.72. The molecule has 8 nitrogen and oxygen atoms in total. The summed E-state index contributed by atoms with van der Waals surface area (Å²) in [5, 5.41) is 2.88. The molecule has 1 aromatic carbocycles. The van der Waals surface area contributed by atoms with E-state index in [4.69, 9.17) is 4.74 Å². The van der Waals surface area contributed by atoms with Crippen LogP contribution in [0.15, 0.2) is 29.2 Å². The van der Waals surface area contributed by atoms with E-state index in [1.807, 2.05) is 0 Å². The first-order chi connectivity index (χ1) is 12.7. The highest BCUT2D eigenvalue weighted by Crippen LogP contribution is 2.23. The number of nitrogens with one attached hydrogen (secondary N) is 1. The van der Waals surface area contributed by atoms with Gasteiger partial charge >= 0.3 is 5.97 Å². The molecule has 9 heteroatoms. The van der Waals surface area contributed by atoms with Gasteiger partial charge in [0.05, 0.1) is 17.6 Å². The Morgan fingerprint density at radius 2 is 1.74 bits per heavy atom. The molecule has 0 unspecified atom stereocenters. The van der Waals surface area contributed by atoms with Crippen LogP contribution in [0.25, 0.3) is 0 Å². The molecule has 1 amide bonds. The Bertz CT molecular complexity index is 755. The summed E-state index contributed by atoms with van der Waals surface area (Å²) in [6.45, 7) is 1.83. The number of carbonyl (C=O) groups excluding carboxylic acids is 2. The van der Waals surface area contributed by atoms with E-state index in [-0.39, 0.29) is 29.0 Å². The molecule has 150 valence electrons. The third kappa shape index (κ3) is 5.75. The van der Waals surface area contributed by atoms with E-state index in [2.05, 4.69) is 17.1 Å². The molecule has 0 aliphatic heterocycles. The quantitative estimate of drug-likeness (QED) is 0.554. The lowest BCUT2D eigenvalue weighted by Crippen LogP contribution is -2.39. The number of rotatable bonds is 7. The van der Waals surface area contributed by atoms with Crippen LogP contribution in [0, 0.1) is 5.92 Å². The standard InChI is InChI=1S/C18H26N2O6S/c1-13-4-8-15(9-5-13)19-17(21)12-26-18(22)14-6-10-16(11-7-14)27(23,24)20(2)25-3/h6-7,10-11,13,15H,4-5,8-9,12H2,1-3H3,(H,19,21). The molecular weight excluding hydrogens is 372 g/mol. The third-order valence-corrected chi connectivity index (χ3v) is 6.39. The van der Waals surface area contributed by atoms with Crippen LogP contribution in [-0.4, -0.2) is 51.6 Å². The predicted molar refractivity (Wildman–Crippen MR) is 98.2 cm³/mol. The summed E-state index contributed by atoms with van der Waals surface area (Å²) in [5.41, 5.74) is 0.160. The molecule has 2 rings (SSSR count). The van der Waals surface area contributed by atoms with Crippen molar-refractivity contribution in [2.45, 2.75) is 43.5 Å². The molecule has 1 fully saturated rings. The van der Waals surface area contributed by atoms with Gasteiger partial charge in [0.1, 0.15) is 0 Å². The average Bonchev–Trinajstić information content (AvgIpc) is 2.67. The van der Waals surface area contributed by atoms with Crippen molar-refractivity contribution in [1.82, 2.24) is 9.79 Å². The fourth-order valence-corrected chi connectivity index (χ4v) is 3.87. The van der Waals surface area contributed by atoms with Crippen molar-refractivity contribution in [3.8, 4) is 0 Å². The Morgan fingerprint density at radius 1 is 1.15 bits per heavy atom. The van der Waals surface area contributed by atoms with E-state index in [1.54, 1.807) is 0 Å². The zero-order valence-electron chi connectivity index (χ0n) is 15.8. The molecule has 0 aromatic heterocycles. The van der Waals surface area contributed by atoms with E-state index in [9.17, 15) is 18.0 Å². The SMILES string of the molecule is CON(C)S(=O)(=O)c1ccc(C(=O)OCC(=O)NC2CCC(C)CC2)cc1. The molecule has 1 aromatic rings. The lowest BCUT2D eigenvalue weighted by molar-refractivity contribution is -0.125. The number of carbonyl (C=O) groups is 2. The number of amides is 1. The maximum Gasteiger partial charge on any atom is 0.338 e. The molecule has 1 N–H and O–H groups in total. The van der Waals surface area contributed by atoms with Crippen molar-refractivity contribution in [2.75, 3.05) is 20.8 Å². The van der Waals surface area contributed by atoms with Crippen molar-refractivity contribution < 1.29 is 27.6 Å². The van der Waals surface area contributed by atoms with Crippen molar-refractivity contribution in [1.29, 1.82) is 0 Å². The van der Waals surface area contributed by atoms with Crippen LogP contribution >= 0.6 is 0 Å². The minimum Gasteiger partial charge on any atom is -0.452 e. The summed E-state index contributed by atoms with van der Waals surface area (Å²) in [7, 11) is -1.28. The number of hydrogen-bond acceptors (Lipinski definition) is 6. The van der Waals surface area contributed by atoms with E-state index in [1.165, 1.54) is 38.4 Å². The first-order valence-electron chi connectivity index (χ1n) is 8.83. The van der Waals surface area contributed by atoms with Gasteiger partial charge in [-0.2, -0.15) is 0 Å². The Kier molecular flexibility index (Phi) is 7.34. The second kappa shape index (κ2) is 9.29. The first kappa shape index (κ1) is 21.3. The van der Waals surface area contributed by atoms with Crippen LogP contribution in [0.4, 0.5) is 0 Å². The van der Waals surface area contributed by atoms with E-state index in [0.717, 1.165) is 30.2 Å². The molecule has 1 saturated carbocycles. The summed E-state index contributed by atoms with van der Waals surface area (Å²) in [5.74, 6) is -0.332. The number of esters is 1. The van der Waals surface area contributed by atoms with Gasteiger partial charge in [0.25, 0.3) is 15.9 Å². The van der Waals surface area contributed by atoms with Crippen molar-refractivity contribution in [3.63, 3.8) is 0 Å². The average molecular weight is 398 g/mol. The van der Waals surface area contributed by atoms with Crippen molar-refractivity contribution >= 4 is 21.9 Å². The van der Waals surface area contributed by atoms with Crippen LogP contribution < -0.4 is 5.32 Å². The van der Waals surface area contributed by atoms with Gasteiger partial charge in [-0.25, -0.2) is 13.2 Å². The minimum absolute atomic E-state index is 0.0207. The minimum atomic E-state index is -3.78. The second-order valence-corrected chi connectivity index (χ2v) is 8.66. The monoisotopic (exact) mass is 398 g/mol. The number of sulfonamides is 1. The molecule has 0 atom stereocenters. The van der Waals surface area contributed by atoms with Crippen LogP contribution in [0.1, 0.15) is 43.0 Å². The molecule has 0 bridgehead atoms. The Labute approximate surface area is 159 Å². The molecule has 1 aliphatic rings. The zero-order chi connectivity index (χ0) is 20.0. The van der Waals surface area contributed by atoms with Gasteiger partial charge in [-0.15, -0.1) is 0 Å². The zero-order valence-corrected chi connectivity index (χ0v) is 16.6. The number of benzene rings is 1. The summed E-state index contributed by atoms with van der Waals surface area (Å²) in [6, 6.07) is 5.36. The summed E-state index contributed by atoms with van der Waals surface area (Å²) < 4.78 is 29.9. The highest BCUT2D eigenvalue weighted by molar-refractivity contribution is 7.89. The lowest BCUT2D eigenvalue weighted by Gasteiger charge is -2.26. The van der Waals surface area contributed by atoms with Crippen LogP contribution in [0.3, 0.4) is 0 Å². The maximum atomic E-state index is 12.1. The fraction of sp³-hybridized carbons (Fsp3) is 0.556. The molecule has 0 saturated heterocycles. The van der Waals surface area contributed by atoms with Crippen molar-refractivity contribution in [2.24, 2.45) is 5.92 Å². The summed E-state index contributed by atoms with van der Waals surface area (Å²) in [4.78, 5) is 28.7. The van der Waals surface area contributed by atoms with E-state index < -0.39 is 16.0 Å². The van der Waals surface area contributed by atoms with Gasteiger partial charge in [-0.05, 0) is 55.9 Å². The normalized spacial score (nSPS) is 20.3. The van der Waals surface area contributed by atoms with Crippen LogP contribution in [0.2, 0.25) is 0 Å². The van der Waals surface area contributed by atoms with Gasteiger partial charge in [-0.1, -0.05) is 11.4 Å². The number of nitrogens with zero attached hydrogens (tertiary/aromatic N) is 1. The lowest BCUT2D eigenvalue weighted by atomic mass is 9.87. The number of ether oxygens (including phenoxy) is 1. The number of hydroxylamine groups is 1. The Morgan fingerprint density at radius 3 is 2.30 bits per heavy atom. The first-order valence-corrected chi connectivity index (χ1v) is 10.3. The van der Waals surface area contributed by atoms with Crippen molar-refractivity contribution in [3.05, 3.63) is 29.8 Å². The smallest absolute Gasteiger partial charge is 0.338 e. The molecule has 1 aliphatic carbocycles. The van der Waals surface area contributed by atoms with Gasteiger partial charge in [0, 0.05) is 13.1 Å². The van der Waals surface area contributed by atoms with Gasteiger partial charge in [0.2, 0.25) is 0 Å². The van der Waals surface area contributed by atoms with Crippen LogP contribution in [0.5, 0.6) is 0 Å². The molecule has 0 spiro atoms. The molecule has 0 heterocycles. The van der Waals surface area contributed by atoms with E-state index in [0.29, 0.717) is 5.92 Å². The van der Waals surface area contributed by atoms with E-state index >= 15 is 0 Å². The van der Waals surface area contributed by atoms with Gasteiger partial charge < -0.3 is 10.1 Å². The molecule has 0 radical (unpaired) electrons. The topological polar surface area (TPSA) is 102 Å². The van der Waals surface area contributed by atoms with Crippen LogP contribution in [-0.2, 0) is 24.4 Å². The summed E-state index contributed by atoms with van der Waals surface area (Å²) >= 11 is 0. The largest absolute Gasteiger partial charge is 0.452 e. The predicted octanol–water partition coefficient (Wildman–Crippen LogP) is 1.72. The Hall–Kier alpha value is -1.97. The maximum absolute atomic E-state index is 12.1. The number of hydrogen-bond donors (Lipinski definition) is 1. The van der Waals surface area contributed by atoms with Gasteiger partial charge in [0.15, 0.2) is 6.61 Å². The van der Waals surface area contributed by atoms with Gasteiger partial charge in [-0.3, -0.25) is 9.63 Å².